The van der Waals surface area contributed by atoms with E-state index in [1.54, 1.807) is 4.90 Å². The van der Waals surface area contributed by atoms with Crippen LogP contribution >= 0.6 is 0 Å². The first kappa shape index (κ1) is 22.4. The van der Waals surface area contributed by atoms with Gasteiger partial charge in [0.25, 0.3) is 5.91 Å². The monoisotopic (exact) mass is 403 g/mol. The molecule has 4 amide bonds. The normalized spacial score (nSPS) is 17.0. The van der Waals surface area contributed by atoms with E-state index >= 15 is 0 Å². The summed E-state index contributed by atoms with van der Waals surface area (Å²) in [7, 11) is 0. The number of carbonyl (C=O) groups excluding carboxylic acids is 4. The molecule has 0 bridgehead atoms. The quantitative estimate of drug-likeness (QED) is 0.648. The molecule has 2 rings (SSSR count). The molecular weight excluding hydrogens is 374 g/mol. The lowest BCUT2D eigenvalue weighted by Gasteiger charge is -2.23. The van der Waals surface area contributed by atoms with Crippen molar-refractivity contribution in [1.82, 2.24) is 10.6 Å². The maximum atomic E-state index is 12.5. The highest BCUT2D eigenvalue weighted by Crippen LogP contribution is 2.33. The molecule has 1 heterocycles. The molecule has 0 saturated carbocycles. The highest BCUT2D eigenvalue weighted by molar-refractivity contribution is 6.00. The van der Waals surface area contributed by atoms with Crippen molar-refractivity contribution in [3.05, 3.63) is 29.8 Å². The number of imide groups is 1. The third-order valence-corrected chi connectivity index (χ3v) is 4.96. The SMILES string of the molecule is CCCNC(=O)NC(=O)COC(=O)[C@H]1CC(=O)N(c2ccccc2[C@@H](C)CC)C1. The number of carbonyl (C=O) groups is 4. The van der Waals surface area contributed by atoms with Crippen molar-refractivity contribution in [3.8, 4) is 0 Å². The fraction of sp³-hybridized carbons (Fsp3) is 0.524. The average Bonchev–Trinajstić information content (AvgIpc) is 3.11. The number of esters is 1. The molecule has 0 aliphatic carbocycles. The van der Waals surface area contributed by atoms with E-state index in [4.69, 9.17) is 4.74 Å². The molecule has 8 heteroatoms. The highest BCUT2D eigenvalue weighted by Gasteiger charge is 2.37. The van der Waals surface area contributed by atoms with Gasteiger partial charge >= 0.3 is 12.0 Å². The summed E-state index contributed by atoms with van der Waals surface area (Å²) >= 11 is 0. The van der Waals surface area contributed by atoms with Gasteiger partial charge in [0.1, 0.15) is 0 Å². The zero-order valence-electron chi connectivity index (χ0n) is 17.2. The maximum absolute atomic E-state index is 12.5. The summed E-state index contributed by atoms with van der Waals surface area (Å²) in [6.45, 7) is 6.16. The minimum Gasteiger partial charge on any atom is -0.455 e. The molecule has 0 radical (unpaired) electrons. The Morgan fingerprint density at radius 1 is 1.24 bits per heavy atom. The molecule has 1 fully saturated rings. The maximum Gasteiger partial charge on any atom is 0.321 e. The number of hydrogen-bond donors (Lipinski definition) is 2. The second-order valence-corrected chi connectivity index (χ2v) is 7.19. The van der Waals surface area contributed by atoms with Crippen LogP contribution in [-0.4, -0.2) is 43.5 Å². The van der Waals surface area contributed by atoms with Crippen molar-refractivity contribution in [2.45, 2.75) is 46.0 Å². The van der Waals surface area contributed by atoms with Crippen molar-refractivity contribution < 1.29 is 23.9 Å². The third-order valence-electron chi connectivity index (χ3n) is 4.96. The van der Waals surface area contributed by atoms with Crippen LogP contribution < -0.4 is 15.5 Å². The zero-order chi connectivity index (χ0) is 21.4. The molecule has 2 N–H and O–H groups in total. The van der Waals surface area contributed by atoms with Crippen LogP contribution in [0, 0.1) is 5.92 Å². The van der Waals surface area contributed by atoms with E-state index in [0.717, 1.165) is 24.1 Å². The second-order valence-electron chi connectivity index (χ2n) is 7.19. The summed E-state index contributed by atoms with van der Waals surface area (Å²) in [5.74, 6) is -1.84. The van der Waals surface area contributed by atoms with Gasteiger partial charge in [0.2, 0.25) is 5.91 Å². The number of nitrogens with one attached hydrogen (secondary N) is 2. The number of ether oxygens (including phenoxy) is 1. The van der Waals surface area contributed by atoms with E-state index in [2.05, 4.69) is 24.5 Å². The summed E-state index contributed by atoms with van der Waals surface area (Å²) in [4.78, 5) is 49.6. The Bertz CT molecular complexity index is 764. The van der Waals surface area contributed by atoms with Crippen LogP contribution in [0.25, 0.3) is 0 Å². The molecule has 8 nitrogen and oxygen atoms in total. The van der Waals surface area contributed by atoms with Crippen molar-refractivity contribution in [2.24, 2.45) is 5.92 Å². The molecule has 29 heavy (non-hydrogen) atoms. The lowest BCUT2D eigenvalue weighted by Crippen LogP contribution is -2.42. The van der Waals surface area contributed by atoms with Gasteiger partial charge in [-0.05, 0) is 30.4 Å². The average molecular weight is 403 g/mol. The summed E-state index contributed by atoms with van der Waals surface area (Å²) in [6, 6.07) is 7.06. The van der Waals surface area contributed by atoms with Crippen molar-refractivity contribution in [3.63, 3.8) is 0 Å². The summed E-state index contributed by atoms with van der Waals surface area (Å²) in [6.07, 6.45) is 1.71. The van der Waals surface area contributed by atoms with Crippen molar-refractivity contribution >= 4 is 29.5 Å². The minimum atomic E-state index is -0.713. The van der Waals surface area contributed by atoms with Crippen LogP contribution in [0.2, 0.25) is 0 Å². The van der Waals surface area contributed by atoms with Gasteiger partial charge in [-0.2, -0.15) is 0 Å². The number of para-hydroxylation sites is 1. The predicted molar refractivity (Wildman–Crippen MR) is 108 cm³/mol. The van der Waals surface area contributed by atoms with Gasteiger partial charge in [-0.1, -0.05) is 39.0 Å². The van der Waals surface area contributed by atoms with Crippen molar-refractivity contribution in [2.75, 3.05) is 24.6 Å². The minimum absolute atomic E-state index is 0.0340. The molecule has 0 unspecified atom stereocenters. The van der Waals surface area contributed by atoms with E-state index in [1.165, 1.54) is 0 Å². The van der Waals surface area contributed by atoms with Gasteiger partial charge in [-0.3, -0.25) is 19.7 Å². The number of rotatable bonds is 8. The summed E-state index contributed by atoms with van der Waals surface area (Å²) in [5, 5.41) is 4.58. The summed E-state index contributed by atoms with van der Waals surface area (Å²) in [5.41, 5.74) is 1.88. The molecule has 1 aromatic carbocycles. The standard InChI is InChI=1S/C21H29N3O5/c1-4-10-22-21(28)23-18(25)13-29-20(27)15-11-19(26)24(12-15)17-9-7-6-8-16(17)14(3)5-2/h6-9,14-15H,4-5,10-13H2,1-3H3,(H2,22,23,25,28)/t14-,15-/m0/s1. The number of amides is 4. The Balaban J connectivity index is 1.93. The molecule has 1 aromatic rings. The van der Waals surface area contributed by atoms with Crippen LogP contribution in [0.4, 0.5) is 10.5 Å². The molecule has 0 spiro atoms. The smallest absolute Gasteiger partial charge is 0.321 e. The van der Waals surface area contributed by atoms with E-state index < -0.39 is 30.4 Å². The van der Waals surface area contributed by atoms with Gasteiger partial charge in [0, 0.05) is 25.2 Å². The lowest BCUT2D eigenvalue weighted by molar-refractivity contribution is -0.152. The summed E-state index contributed by atoms with van der Waals surface area (Å²) < 4.78 is 5.01. The fourth-order valence-electron chi connectivity index (χ4n) is 3.17. The zero-order valence-corrected chi connectivity index (χ0v) is 17.2. The molecular formula is C21H29N3O5. The van der Waals surface area contributed by atoms with E-state index in [9.17, 15) is 19.2 Å². The van der Waals surface area contributed by atoms with Gasteiger partial charge in [0.15, 0.2) is 6.61 Å². The number of benzene rings is 1. The number of hydrogen-bond acceptors (Lipinski definition) is 5. The Labute approximate surface area is 171 Å². The molecule has 1 aliphatic rings. The number of anilines is 1. The van der Waals surface area contributed by atoms with Crippen LogP contribution in [0.15, 0.2) is 24.3 Å². The Morgan fingerprint density at radius 3 is 2.66 bits per heavy atom. The molecule has 2 atom stereocenters. The molecule has 1 saturated heterocycles. The van der Waals surface area contributed by atoms with E-state index in [1.807, 2.05) is 31.2 Å². The number of nitrogens with zero attached hydrogens (tertiary/aromatic N) is 1. The van der Waals surface area contributed by atoms with E-state index in [-0.39, 0.29) is 24.8 Å². The first-order valence-electron chi connectivity index (χ1n) is 10.0. The Hall–Kier alpha value is -2.90. The highest BCUT2D eigenvalue weighted by atomic mass is 16.5. The predicted octanol–water partition coefficient (Wildman–Crippen LogP) is 2.33. The Morgan fingerprint density at radius 2 is 1.97 bits per heavy atom. The topological polar surface area (TPSA) is 105 Å². The first-order valence-corrected chi connectivity index (χ1v) is 10.0. The van der Waals surface area contributed by atoms with Crippen LogP contribution in [0.3, 0.4) is 0 Å². The lowest BCUT2D eigenvalue weighted by atomic mass is 9.96. The van der Waals surface area contributed by atoms with Crippen LogP contribution in [0.5, 0.6) is 0 Å². The Kier molecular flexibility index (Phi) is 8.18. The van der Waals surface area contributed by atoms with Gasteiger partial charge in [-0.25, -0.2) is 4.79 Å². The van der Waals surface area contributed by atoms with Crippen LogP contribution in [-0.2, 0) is 19.1 Å². The van der Waals surface area contributed by atoms with Gasteiger partial charge in [0.05, 0.1) is 5.92 Å². The largest absolute Gasteiger partial charge is 0.455 e. The number of urea groups is 1. The van der Waals surface area contributed by atoms with E-state index in [0.29, 0.717) is 6.54 Å². The third kappa shape index (κ3) is 6.04. The first-order chi connectivity index (χ1) is 13.9. The second kappa shape index (κ2) is 10.6. The molecule has 0 aromatic heterocycles. The van der Waals surface area contributed by atoms with Crippen molar-refractivity contribution in [1.29, 1.82) is 0 Å². The van der Waals surface area contributed by atoms with Crippen LogP contribution in [0.1, 0.15) is 51.5 Å². The van der Waals surface area contributed by atoms with Gasteiger partial charge in [-0.15, -0.1) is 0 Å². The molecule has 1 aliphatic heterocycles. The van der Waals surface area contributed by atoms with Gasteiger partial charge < -0.3 is 15.0 Å². The molecule has 158 valence electrons. The fourth-order valence-corrected chi connectivity index (χ4v) is 3.17.